The predicted molar refractivity (Wildman–Crippen MR) is 91.2 cm³/mol. The number of esters is 1. The highest BCUT2D eigenvalue weighted by molar-refractivity contribution is 5.81. The molecule has 0 aromatic rings. The van der Waals surface area contributed by atoms with Crippen LogP contribution in [0.25, 0.3) is 0 Å². The Kier molecular flexibility index (Phi) is 9.27. The highest BCUT2D eigenvalue weighted by atomic mass is 16.5. The topological polar surface area (TPSA) is 63.6 Å². The van der Waals surface area contributed by atoms with Crippen molar-refractivity contribution in [3.63, 3.8) is 0 Å². The number of aliphatic carboxylic acids is 1. The standard InChI is InChI=1S/C19H34O4/c1-4-9-15(11-6-5-10-14(2)3)23-19(22)17-13-8-7-12-16(17)18(20)21/h14-17H,4-13H2,1-3H3,(H,20,21). The first-order valence-electron chi connectivity index (χ1n) is 9.39. The van der Waals surface area contributed by atoms with Crippen molar-refractivity contribution in [2.75, 3.05) is 0 Å². The first kappa shape index (κ1) is 20.0. The van der Waals surface area contributed by atoms with Gasteiger partial charge in [0.1, 0.15) is 6.10 Å². The van der Waals surface area contributed by atoms with Crippen molar-refractivity contribution >= 4 is 11.9 Å². The Bertz CT molecular complexity index is 364. The summed E-state index contributed by atoms with van der Waals surface area (Å²) in [6, 6.07) is 0. The fourth-order valence-corrected chi connectivity index (χ4v) is 3.47. The van der Waals surface area contributed by atoms with E-state index < -0.39 is 17.8 Å². The highest BCUT2D eigenvalue weighted by Crippen LogP contribution is 2.32. The SMILES string of the molecule is CCCC(CCCCC(C)C)OC(=O)C1CCCCC1C(=O)O. The summed E-state index contributed by atoms with van der Waals surface area (Å²) in [5, 5.41) is 9.31. The number of carbonyl (C=O) groups is 2. The molecule has 3 unspecified atom stereocenters. The highest BCUT2D eigenvalue weighted by Gasteiger charge is 2.37. The number of hydrogen-bond donors (Lipinski definition) is 1. The van der Waals surface area contributed by atoms with E-state index in [0.717, 1.165) is 44.9 Å². The van der Waals surface area contributed by atoms with Gasteiger partial charge in [0.05, 0.1) is 11.8 Å². The van der Waals surface area contributed by atoms with Gasteiger partial charge in [-0.25, -0.2) is 0 Å². The summed E-state index contributed by atoms with van der Waals surface area (Å²) in [5.74, 6) is -1.42. The molecule has 1 fully saturated rings. The van der Waals surface area contributed by atoms with Crippen molar-refractivity contribution in [3.05, 3.63) is 0 Å². The molecule has 0 bridgehead atoms. The van der Waals surface area contributed by atoms with Crippen molar-refractivity contribution in [2.45, 2.75) is 91.1 Å². The van der Waals surface area contributed by atoms with Crippen LogP contribution < -0.4 is 0 Å². The molecule has 134 valence electrons. The molecule has 0 amide bonds. The summed E-state index contributed by atoms with van der Waals surface area (Å²) >= 11 is 0. The van der Waals surface area contributed by atoms with E-state index in [4.69, 9.17) is 4.74 Å². The van der Waals surface area contributed by atoms with E-state index in [9.17, 15) is 14.7 Å². The second-order valence-electron chi connectivity index (χ2n) is 7.36. The number of rotatable bonds is 10. The van der Waals surface area contributed by atoms with E-state index in [1.165, 1.54) is 6.42 Å². The summed E-state index contributed by atoms with van der Waals surface area (Å²) in [4.78, 5) is 23.8. The average molecular weight is 326 g/mol. The Morgan fingerprint density at radius 1 is 1.04 bits per heavy atom. The van der Waals surface area contributed by atoms with Crippen molar-refractivity contribution < 1.29 is 19.4 Å². The second-order valence-corrected chi connectivity index (χ2v) is 7.36. The number of hydrogen-bond acceptors (Lipinski definition) is 3. The largest absolute Gasteiger partial charge is 0.481 e. The van der Waals surface area contributed by atoms with Gasteiger partial charge in [-0.3, -0.25) is 9.59 Å². The molecule has 3 atom stereocenters. The molecule has 4 nitrogen and oxygen atoms in total. The van der Waals surface area contributed by atoms with Gasteiger partial charge in [0, 0.05) is 0 Å². The van der Waals surface area contributed by atoms with Gasteiger partial charge in [-0.05, 0) is 38.0 Å². The third kappa shape index (κ3) is 7.36. The van der Waals surface area contributed by atoms with Crippen LogP contribution >= 0.6 is 0 Å². The zero-order valence-electron chi connectivity index (χ0n) is 15.1. The van der Waals surface area contributed by atoms with E-state index in [-0.39, 0.29) is 12.1 Å². The molecule has 1 N–H and O–H groups in total. The molecule has 0 saturated heterocycles. The number of carboxylic acid groups (broad SMARTS) is 1. The summed E-state index contributed by atoms with van der Waals surface area (Å²) in [6.07, 6.45) is 9.23. The second kappa shape index (κ2) is 10.7. The number of ether oxygens (including phenoxy) is 1. The Balaban J connectivity index is 2.49. The molecular formula is C19H34O4. The van der Waals surface area contributed by atoms with E-state index in [0.29, 0.717) is 18.8 Å². The molecule has 0 aromatic heterocycles. The first-order valence-corrected chi connectivity index (χ1v) is 9.39. The van der Waals surface area contributed by atoms with Gasteiger partial charge in [-0.2, -0.15) is 0 Å². The molecule has 0 aromatic carbocycles. The average Bonchev–Trinajstić information content (AvgIpc) is 2.51. The lowest BCUT2D eigenvalue weighted by atomic mass is 9.79. The Morgan fingerprint density at radius 2 is 1.65 bits per heavy atom. The maximum atomic E-state index is 12.5. The molecular weight excluding hydrogens is 292 g/mol. The van der Waals surface area contributed by atoms with Crippen LogP contribution in [0.15, 0.2) is 0 Å². The lowest BCUT2D eigenvalue weighted by molar-refractivity contribution is -0.164. The van der Waals surface area contributed by atoms with Crippen molar-refractivity contribution in [1.82, 2.24) is 0 Å². The summed E-state index contributed by atoms with van der Waals surface area (Å²) < 4.78 is 5.72. The van der Waals surface area contributed by atoms with E-state index in [1.807, 2.05) is 0 Å². The van der Waals surface area contributed by atoms with Crippen LogP contribution in [0, 0.1) is 17.8 Å². The molecule has 0 aliphatic heterocycles. The summed E-state index contributed by atoms with van der Waals surface area (Å²) in [7, 11) is 0. The van der Waals surface area contributed by atoms with Gasteiger partial charge in [0.2, 0.25) is 0 Å². The third-order valence-corrected chi connectivity index (χ3v) is 4.84. The maximum Gasteiger partial charge on any atom is 0.310 e. The molecule has 1 aliphatic rings. The smallest absolute Gasteiger partial charge is 0.310 e. The molecule has 1 aliphatic carbocycles. The third-order valence-electron chi connectivity index (χ3n) is 4.84. The van der Waals surface area contributed by atoms with Gasteiger partial charge in [0.15, 0.2) is 0 Å². The molecule has 1 saturated carbocycles. The van der Waals surface area contributed by atoms with E-state index in [1.54, 1.807) is 0 Å². The predicted octanol–water partition coefficient (Wildman–Crippen LogP) is 4.81. The molecule has 0 spiro atoms. The quantitative estimate of drug-likeness (QED) is 0.462. The van der Waals surface area contributed by atoms with Crippen LogP contribution in [-0.2, 0) is 14.3 Å². The molecule has 4 heteroatoms. The Morgan fingerprint density at radius 3 is 2.22 bits per heavy atom. The van der Waals surface area contributed by atoms with Crippen LogP contribution in [-0.4, -0.2) is 23.1 Å². The van der Waals surface area contributed by atoms with Gasteiger partial charge in [-0.1, -0.05) is 52.9 Å². The van der Waals surface area contributed by atoms with Crippen molar-refractivity contribution in [1.29, 1.82) is 0 Å². The monoisotopic (exact) mass is 326 g/mol. The zero-order chi connectivity index (χ0) is 17.2. The maximum absolute atomic E-state index is 12.5. The Labute approximate surface area is 141 Å². The molecule has 1 rings (SSSR count). The van der Waals surface area contributed by atoms with E-state index in [2.05, 4.69) is 20.8 Å². The van der Waals surface area contributed by atoms with Crippen LogP contribution in [0.3, 0.4) is 0 Å². The normalized spacial score (nSPS) is 22.8. The molecule has 0 heterocycles. The van der Waals surface area contributed by atoms with Gasteiger partial charge in [-0.15, -0.1) is 0 Å². The van der Waals surface area contributed by atoms with Gasteiger partial charge < -0.3 is 9.84 Å². The minimum Gasteiger partial charge on any atom is -0.481 e. The fourth-order valence-electron chi connectivity index (χ4n) is 3.47. The number of unbranched alkanes of at least 4 members (excludes halogenated alkanes) is 1. The number of carbonyl (C=O) groups excluding carboxylic acids is 1. The van der Waals surface area contributed by atoms with Crippen LogP contribution in [0.5, 0.6) is 0 Å². The lowest BCUT2D eigenvalue weighted by Crippen LogP contribution is -2.35. The minimum atomic E-state index is -0.851. The van der Waals surface area contributed by atoms with Crippen LogP contribution in [0.1, 0.15) is 85.0 Å². The lowest BCUT2D eigenvalue weighted by Gasteiger charge is -2.28. The van der Waals surface area contributed by atoms with Gasteiger partial charge >= 0.3 is 11.9 Å². The minimum absolute atomic E-state index is 0.0453. The summed E-state index contributed by atoms with van der Waals surface area (Å²) in [5.41, 5.74) is 0. The molecule has 23 heavy (non-hydrogen) atoms. The van der Waals surface area contributed by atoms with Crippen molar-refractivity contribution in [3.8, 4) is 0 Å². The number of carboxylic acids is 1. The van der Waals surface area contributed by atoms with E-state index >= 15 is 0 Å². The van der Waals surface area contributed by atoms with Gasteiger partial charge in [0.25, 0.3) is 0 Å². The first-order chi connectivity index (χ1) is 11.0. The zero-order valence-corrected chi connectivity index (χ0v) is 15.1. The Hall–Kier alpha value is -1.06. The summed E-state index contributed by atoms with van der Waals surface area (Å²) in [6.45, 7) is 6.53. The molecule has 0 radical (unpaired) electrons. The van der Waals surface area contributed by atoms with Crippen molar-refractivity contribution in [2.24, 2.45) is 17.8 Å². The fraction of sp³-hybridized carbons (Fsp3) is 0.895. The van der Waals surface area contributed by atoms with Crippen LogP contribution in [0.2, 0.25) is 0 Å². The van der Waals surface area contributed by atoms with Crippen LogP contribution in [0.4, 0.5) is 0 Å².